The number of rotatable bonds is 4. The molecule has 0 unspecified atom stereocenters. The highest BCUT2D eigenvalue weighted by Gasteiger charge is 2.35. The second-order valence-corrected chi connectivity index (χ2v) is 9.41. The van der Waals surface area contributed by atoms with E-state index in [-0.39, 0.29) is 5.92 Å². The van der Waals surface area contributed by atoms with Crippen LogP contribution in [0.5, 0.6) is 23.1 Å². The van der Waals surface area contributed by atoms with E-state index in [1.807, 2.05) is 78.9 Å². The Morgan fingerprint density at radius 1 is 0.868 bits per heavy atom. The van der Waals surface area contributed by atoms with Crippen LogP contribution >= 0.6 is 11.6 Å². The van der Waals surface area contributed by atoms with Gasteiger partial charge in [-0.3, -0.25) is 0 Å². The van der Waals surface area contributed by atoms with Crippen molar-refractivity contribution in [1.29, 1.82) is 0 Å². The molecule has 0 spiro atoms. The molecule has 0 radical (unpaired) electrons. The molecular formula is C30H21ClN4O3. The van der Waals surface area contributed by atoms with Gasteiger partial charge in [0, 0.05) is 32.8 Å². The predicted octanol–water partition coefficient (Wildman–Crippen LogP) is 6.90. The van der Waals surface area contributed by atoms with Crippen LogP contribution < -0.4 is 14.2 Å². The third kappa shape index (κ3) is 3.39. The van der Waals surface area contributed by atoms with E-state index < -0.39 is 0 Å². The first-order valence-corrected chi connectivity index (χ1v) is 12.5. The van der Waals surface area contributed by atoms with E-state index in [0.717, 1.165) is 38.8 Å². The molecule has 38 heavy (non-hydrogen) atoms. The van der Waals surface area contributed by atoms with Crippen LogP contribution in [0.15, 0.2) is 85.2 Å². The summed E-state index contributed by atoms with van der Waals surface area (Å²) in [6, 6.07) is 25.7. The first-order valence-electron chi connectivity index (χ1n) is 12.1. The Morgan fingerprint density at radius 3 is 2.42 bits per heavy atom. The molecule has 1 aliphatic heterocycles. The normalized spacial score (nSPS) is 14.1. The lowest BCUT2D eigenvalue weighted by Crippen LogP contribution is -2.15. The van der Waals surface area contributed by atoms with Gasteiger partial charge in [0.05, 0.1) is 19.8 Å². The number of aromatic nitrogens is 4. The van der Waals surface area contributed by atoms with Gasteiger partial charge in [0.25, 0.3) is 0 Å². The summed E-state index contributed by atoms with van der Waals surface area (Å²) in [5, 5.41) is 7.19. The minimum absolute atomic E-state index is 0.306. The first kappa shape index (κ1) is 22.6. The van der Waals surface area contributed by atoms with Gasteiger partial charge in [-0.15, -0.1) is 5.10 Å². The lowest BCUT2D eigenvalue weighted by atomic mass is 9.82. The summed E-state index contributed by atoms with van der Waals surface area (Å²) in [6.45, 7) is 0. The third-order valence-electron chi connectivity index (χ3n) is 6.93. The molecule has 0 amide bonds. The van der Waals surface area contributed by atoms with Gasteiger partial charge in [-0.25, -0.2) is 14.5 Å². The van der Waals surface area contributed by atoms with Crippen molar-refractivity contribution in [2.45, 2.75) is 5.92 Å². The van der Waals surface area contributed by atoms with Crippen molar-refractivity contribution in [3.63, 3.8) is 0 Å². The van der Waals surface area contributed by atoms with Crippen molar-refractivity contribution in [1.82, 2.24) is 19.6 Å². The minimum Gasteiger partial charge on any atom is -0.493 e. The van der Waals surface area contributed by atoms with Crippen molar-refractivity contribution < 1.29 is 14.2 Å². The number of hydrogen-bond donors (Lipinski definition) is 0. The largest absolute Gasteiger partial charge is 0.493 e. The molecule has 0 fully saturated rings. The second-order valence-electron chi connectivity index (χ2n) is 9.00. The van der Waals surface area contributed by atoms with E-state index in [2.05, 4.69) is 4.98 Å². The molecule has 7 rings (SSSR count). The minimum atomic E-state index is -0.306. The molecule has 4 aromatic carbocycles. The summed E-state index contributed by atoms with van der Waals surface area (Å²) in [5.74, 6) is 2.76. The van der Waals surface area contributed by atoms with E-state index in [9.17, 15) is 0 Å². The topological polar surface area (TPSA) is 70.8 Å². The van der Waals surface area contributed by atoms with E-state index in [0.29, 0.717) is 33.9 Å². The summed E-state index contributed by atoms with van der Waals surface area (Å²) in [5.41, 5.74) is 4.24. The fraction of sp³-hybridized carbons (Fsp3) is 0.100. The molecule has 6 aromatic rings. The van der Waals surface area contributed by atoms with E-state index >= 15 is 0 Å². The molecule has 1 atom stereocenters. The summed E-state index contributed by atoms with van der Waals surface area (Å²) >= 11 is 6.83. The third-order valence-corrected chi connectivity index (χ3v) is 7.24. The number of hydrogen-bond acceptors (Lipinski definition) is 6. The average Bonchev–Trinajstić information content (AvgIpc) is 3.41. The Hall–Kier alpha value is -4.62. The SMILES string of the molecule is COc1ccc([C@@H]2c3cc(Cl)c4ccccc4c3Oc3ncn4nc(-c5ccccc5)nc4c32)cc1OC. The predicted molar refractivity (Wildman–Crippen MR) is 146 cm³/mol. The molecule has 0 N–H and O–H groups in total. The van der Waals surface area contributed by atoms with E-state index in [1.165, 1.54) is 0 Å². The average molecular weight is 521 g/mol. The van der Waals surface area contributed by atoms with E-state index in [1.54, 1.807) is 25.1 Å². The van der Waals surface area contributed by atoms with Gasteiger partial charge in [0.1, 0.15) is 12.1 Å². The highest BCUT2D eigenvalue weighted by atomic mass is 35.5. The van der Waals surface area contributed by atoms with Crippen molar-refractivity contribution in [3.05, 3.63) is 107 Å². The maximum atomic E-state index is 6.83. The molecule has 0 bridgehead atoms. The number of halogens is 1. The van der Waals surface area contributed by atoms with Crippen LogP contribution in [0.3, 0.4) is 0 Å². The smallest absolute Gasteiger partial charge is 0.228 e. The lowest BCUT2D eigenvalue weighted by molar-refractivity contribution is 0.354. The molecule has 3 heterocycles. The maximum absolute atomic E-state index is 6.83. The van der Waals surface area contributed by atoms with Gasteiger partial charge in [-0.1, -0.05) is 72.3 Å². The molecule has 186 valence electrons. The van der Waals surface area contributed by atoms with Gasteiger partial charge < -0.3 is 14.2 Å². The molecule has 0 saturated heterocycles. The van der Waals surface area contributed by atoms with Gasteiger partial charge >= 0.3 is 0 Å². The molecule has 8 heteroatoms. The number of methoxy groups -OCH3 is 2. The molecular weight excluding hydrogens is 500 g/mol. The Kier molecular flexibility index (Phi) is 5.19. The van der Waals surface area contributed by atoms with Gasteiger partial charge in [0.15, 0.2) is 23.0 Å². The number of ether oxygens (including phenoxy) is 3. The summed E-state index contributed by atoms with van der Waals surface area (Å²) < 4.78 is 19.4. The molecule has 7 nitrogen and oxygen atoms in total. The Bertz CT molecular complexity index is 1850. The fourth-order valence-corrected chi connectivity index (χ4v) is 5.47. The standard InChI is InChI=1S/C30H21ClN4O3/c1-36-23-13-12-18(14-24(23)37-2)25-21-15-22(31)19-10-6-7-11-20(19)27(21)38-30-26(25)29-33-28(34-35(29)16-32-30)17-8-4-3-5-9-17/h3-16,25H,1-2H3/t25-/m1/s1. The zero-order valence-electron chi connectivity index (χ0n) is 20.6. The van der Waals surface area contributed by atoms with Crippen LogP contribution in [0, 0.1) is 0 Å². The zero-order valence-corrected chi connectivity index (χ0v) is 21.3. The Balaban J connectivity index is 1.54. The van der Waals surface area contributed by atoms with Gasteiger partial charge in [-0.05, 0) is 23.8 Å². The quantitative estimate of drug-likeness (QED) is 0.251. The fourth-order valence-electron chi connectivity index (χ4n) is 5.19. The molecule has 1 aliphatic rings. The van der Waals surface area contributed by atoms with Crippen LogP contribution in [0.4, 0.5) is 0 Å². The van der Waals surface area contributed by atoms with Crippen molar-refractivity contribution in [2.75, 3.05) is 14.2 Å². The first-order chi connectivity index (χ1) is 18.7. The van der Waals surface area contributed by atoms with E-state index in [4.69, 9.17) is 35.9 Å². The van der Waals surface area contributed by atoms with Crippen LogP contribution in [0.1, 0.15) is 22.6 Å². The monoisotopic (exact) mass is 520 g/mol. The van der Waals surface area contributed by atoms with Crippen LogP contribution in [-0.2, 0) is 0 Å². The molecule has 0 saturated carbocycles. The number of nitrogens with zero attached hydrogens (tertiary/aromatic N) is 4. The van der Waals surface area contributed by atoms with Crippen LogP contribution in [0.2, 0.25) is 5.02 Å². The number of fused-ring (bicyclic) bond motifs is 6. The van der Waals surface area contributed by atoms with Crippen LogP contribution in [0.25, 0.3) is 27.8 Å². The highest BCUT2D eigenvalue weighted by molar-refractivity contribution is 6.36. The Morgan fingerprint density at radius 2 is 1.63 bits per heavy atom. The van der Waals surface area contributed by atoms with Gasteiger partial charge in [-0.2, -0.15) is 0 Å². The summed E-state index contributed by atoms with van der Waals surface area (Å²) in [7, 11) is 3.25. The van der Waals surface area contributed by atoms with Crippen molar-refractivity contribution >= 4 is 28.0 Å². The molecule has 0 aliphatic carbocycles. The summed E-state index contributed by atoms with van der Waals surface area (Å²) in [4.78, 5) is 9.63. The Labute approximate surface area is 223 Å². The second kappa shape index (κ2) is 8.75. The van der Waals surface area contributed by atoms with Gasteiger partial charge in [0.2, 0.25) is 5.88 Å². The molecule has 2 aromatic heterocycles. The van der Waals surface area contributed by atoms with Crippen molar-refractivity contribution in [3.8, 4) is 34.5 Å². The number of benzene rings is 4. The zero-order chi connectivity index (χ0) is 25.8. The lowest BCUT2D eigenvalue weighted by Gasteiger charge is -2.29. The van der Waals surface area contributed by atoms with Crippen molar-refractivity contribution in [2.24, 2.45) is 0 Å². The van der Waals surface area contributed by atoms with Crippen LogP contribution in [-0.4, -0.2) is 33.8 Å². The highest BCUT2D eigenvalue weighted by Crippen LogP contribution is 2.52. The summed E-state index contributed by atoms with van der Waals surface area (Å²) in [6.07, 6.45) is 1.64. The maximum Gasteiger partial charge on any atom is 0.228 e.